The predicted molar refractivity (Wildman–Crippen MR) is 117 cm³/mol. The average molecular weight is 412 g/mol. The Morgan fingerprint density at radius 1 is 1.03 bits per heavy atom. The summed E-state index contributed by atoms with van der Waals surface area (Å²) in [4.78, 5) is 33.9. The number of aromatic nitrogens is 1. The maximum atomic E-state index is 12.9. The highest BCUT2D eigenvalue weighted by Crippen LogP contribution is 2.12. The Hall–Kier alpha value is -2.93. The Balaban J connectivity index is 1.50. The Kier molecular flexibility index (Phi) is 7.79. The van der Waals surface area contributed by atoms with E-state index in [1.165, 1.54) is 0 Å². The van der Waals surface area contributed by atoms with E-state index in [1.54, 1.807) is 0 Å². The lowest BCUT2D eigenvalue weighted by molar-refractivity contribution is -0.884. The van der Waals surface area contributed by atoms with E-state index in [2.05, 4.69) is 28.2 Å². The molecule has 1 aromatic carbocycles. The maximum absolute atomic E-state index is 12.9. The van der Waals surface area contributed by atoms with Crippen LogP contribution in [0.4, 0.5) is 11.5 Å². The molecule has 1 atom stereocenters. The van der Waals surface area contributed by atoms with Crippen LogP contribution in [0.5, 0.6) is 0 Å². The van der Waals surface area contributed by atoms with Crippen LogP contribution in [0.3, 0.4) is 0 Å². The number of nitrogens with one attached hydrogen (secondary N) is 3. The molecule has 1 aliphatic rings. The van der Waals surface area contributed by atoms with Gasteiger partial charge in [-0.3, -0.25) is 14.5 Å². The Bertz CT molecular complexity index is 834. The third-order valence-electron chi connectivity index (χ3n) is 5.50. The quantitative estimate of drug-likeness (QED) is 0.660. The monoisotopic (exact) mass is 411 g/mol. The molecule has 7 nitrogen and oxygen atoms in total. The molecular weight excluding hydrogens is 378 g/mol. The van der Waals surface area contributed by atoms with Crippen LogP contribution in [0.2, 0.25) is 0 Å². The highest BCUT2D eigenvalue weighted by atomic mass is 16.2. The fourth-order valence-corrected chi connectivity index (χ4v) is 3.83. The number of hydrogen-bond donors (Lipinski definition) is 2. The van der Waals surface area contributed by atoms with Gasteiger partial charge in [0.05, 0.1) is 25.8 Å². The summed E-state index contributed by atoms with van der Waals surface area (Å²) < 4.78 is 0. The van der Waals surface area contributed by atoms with Crippen LogP contribution in [-0.4, -0.2) is 62.5 Å². The van der Waals surface area contributed by atoms with Gasteiger partial charge in [-0.15, -0.1) is 0 Å². The van der Waals surface area contributed by atoms with Gasteiger partial charge >= 0.3 is 0 Å². The van der Waals surface area contributed by atoms with Crippen LogP contribution >= 0.6 is 0 Å². The highest BCUT2D eigenvalue weighted by Gasteiger charge is 2.28. The normalized spacial score (nSPS) is 15.0. The first kappa shape index (κ1) is 21.8. The van der Waals surface area contributed by atoms with Crippen molar-refractivity contribution in [1.82, 2.24) is 4.90 Å². The van der Waals surface area contributed by atoms with Gasteiger partial charge in [-0.05, 0) is 31.0 Å². The van der Waals surface area contributed by atoms with Gasteiger partial charge in [0.15, 0.2) is 13.1 Å². The molecule has 2 amide bonds. The fourth-order valence-electron chi connectivity index (χ4n) is 3.83. The van der Waals surface area contributed by atoms with Gasteiger partial charge < -0.3 is 15.1 Å². The number of amides is 2. The standard InChI is InChI=1S/C23H31N5O2/c1-3-12-26(17-22(29)25-20-9-5-4-8-19(20)2)18-23(30)28-15-13-27(14-16-28)21-10-6-7-11-24-21/h4-11H,3,12-18H2,1-2H3,(H,25,29)/p+2. The van der Waals surface area contributed by atoms with Gasteiger partial charge in [0.2, 0.25) is 0 Å². The van der Waals surface area contributed by atoms with Gasteiger partial charge in [0.1, 0.15) is 13.1 Å². The van der Waals surface area contributed by atoms with Crippen molar-refractivity contribution in [2.45, 2.75) is 20.3 Å². The van der Waals surface area contributed by atoms with E-state index in [0.717, 1.165) is 48.0 Å². The second-order valence-corrected chi connectivity index (χ2v) is 7.83. The largest absolute Gasteiger partial charge is 0.330 e. The number of carbonyl (C=O) groups is 2. The van der Waals surface area contributed by atoms with Gasteiger partial charge in [-0.25, -0.2) is 4.98 Å². The lowest BCUT2D eigenvalue weighted by atomic mass is 10.2. The summed E-state index contributed by atoms with van der Waals surface area (Å²) in [5, 5.41) is 2.98. The molecule has 1 aromatic heterocycles. The summed E-state index contributed by atoms with van der Waals surface area (Å²) in [6.45, 7) is 8.53. The molecule has 0 aliphatic carbocycles. The molecular formula is C23H33N5O2+2. The molecule has 160 valence electrons. The number of rotatable bonds is 8. The number of hydrogen-bond acceptors (Lipinski definition) is 3. The third kappa shape index (κ3) is 6.03. The summed E-state index contributed by atoms with van der Waals surface area (Å²) >= 11 is 0. The second kappa shape index (κ2) is 10.7. The van der Waals surface area contributed by atoms with E-state index in [1.807, 2.05) is 54.4 Å². The zero-order chi connectivity index (χ0) is 21.3. The Morgan fingerprint density at radius 3 is 2.43 bits per heavy atom. The van der Waals surface area contributed by atoms with Crippen molar-refractivity contribution in [2.24, 2.45) is 0 Å². The number of aromatic amines is 1. The van der Waals surface area contributed by atoms with Gasteiger partial charge in [-0.2, -0.15) is 0 Å². The molecule has 2 heterocycles. The van der Waals surface area contributed by atoms with Crippen molar-refractivity contribution in [2.75, 3.05) is 56.0 Å². The third-order valence-corrected chi connectivity index (χ3v) is 5.50. The number of carbonyl (C=O) groups excluding carboxylic acids is 2. The minimum Gasteiger partial charge on any atom is -0.330 e. The van der Waals surface area contributed by atoms with E-state index in [9.17, 15) is 9.59 Å². The zero-order valence-electron chi connectivity index (χ0n) is 18.0. The van der Waals surface area contributed by atoms with Crippen LogP contribution in [0, 0.1) is 6.92 Å². The first-order valence-electron chi connectivity index (χ1n) is 10.7. The van der Waals surface area contributed by atoms with E-state index in [4.69, 9.17) is 0 Å². The number of aryl methyl sites for hydroxylation is 1. The highest BCUT2D eigenvalue weighted by molar-refractivity contribution is 5.92. The molecule has 3 N–H and O–H groups in total. The molecule has 0 spiro atoms. The number of H-pyrrole nitrogens is 1. The van der Waals surface area contributed by atoms with Crippen molar-refractivity contribution in [3.05, 3.63) is 54.2 Å². The maximum Gasteiger partial charge on any atom is 0.279 e. The van der Waals surface area contributed by atoms with Crippen molar-refractivity contribution in [3.8, 4) is 0 Å². The summed E-state index contributed by atoms with van der Waals surface area (Å²) in [6, 6.07) is 13.8. The van der Waals surface area contributed by atoms with Crippen molar-refractivity contribution < 1.29 is 19.5 Å². The summed E-state index contributed by atoms with van der Waals surface area (Å²) in [6.07, 6.45) is 2.85. The minimum absolute atomic E-state index is 0.0509. The molecule has 1 fully saturated rings. The lowest BCUT2D eigenvalue weighted by Gasteiger charge is -2.31. The smallest absolute Gasteiger partial charge is 0.279 e. The van der Waals surface area contributed by atoms with E-state index in [-0.39, 0.29) is 11.8 Å². The van der Waals surface area contributed by atoms with Crippen molar-refractivity contribution in [1.29, 1.82) is 0 Å². The van der Waals surface area contributed by atoms with E-state index < -0.39 is 0 Å². The molecule has 3 rings (SSSR count). The number of quaternary nitrogens is 1. The molecule has 7 heteroatoms. The topological polar surface area (TPSA) is 71.2 Å². The molecule has 0 bridgehead atoms. The van der Waals surface area contributed by atoms with Crippen LogP contribution in [0.25, 0.3) is 0 Å². The van der Waals surface area contributed by atoms with Crippen LogP contribution in [0.15, 0.2) is 48.7 Å². The molecule has 0 saturated carbocycles. The number of pyridine rings is 1. The van der Waals surface area contributed by atoms with Gasteiger partial charge in [-0.1, -0.05) is 31.2 Å². The first-order valence-corrected chi connectivity index (χ1v) is 10.7. The molecule has 1 saturated heterocycles. The molecule has 30 heavy (non-hydrogen) atoms. The average Bonchev–Trinajstić information content (AvgIpc) is 2.76. The van der Waals surface area contributed by atoms with E-state index >= 15 is 0 Å². The Labute approximate surface area is 178 Å². The predicted octanol–water partition coefficient (Wildman–Crippen LogP) is 0.391. The van der Waals surface area contributed by atoms with E-state index in [0.29, 0.717) is 26.2 Å². The number of anilines is 2. The number of piperazine rings is 1. The molecule has 2 aromatic rings. The second-order valence-electron chi connectivity index (χ2n) is 7.83. The lowest BCUT2D eigenvalue weighted by Crippen LogP contribution is -3.14. The van der Waals surface area contributed by atoms with Crippen molar-refractivity contribution >= 4 is 23.3 Å². The molecule has 1 aliphatic heterocycles. The Morgan fingerprint density at radius 2 is 1.77 bits per heavy atom. The summed E-state index contributed by atoms with van der Waals surface area (Å²) in [5.41, 5.74) is 1.87. The zero-order valence-corrected chi connectivity index (χ0v) is 18.0. The first-order chi connectivity index (χ1) is 14.6. The van der Waals surface area contributed by atoms with Gasteiger partial charge in [0, 0.05) is 11.8 Å². The fraction of sp³-hybridized carbons (Fsp3) is 0.435. The van der Waals surface area contributed by atoms with Crippen LogP contribution in [0.1, 0.15) is 18.9 Å². The number of benzene rings is 1. The molecule has 0 radical (unpaired) electrons. The summed E-state index contributed by atoms with van der Waals surface area (Å²) in [7, 11) is 0. The minimum atomic E-state index is -0.0509. The number of nitrogens with zero attached hydrogens (tertiary/aromatic N) is 2. The van der Waals surface area contributed by atoms with Crippen LogP contribution < -0.4 is 20.1 Å². The van der Waals surface area contributed by atoms with Crippen molar-refractivity contribution in [3.63, 3.8) is 0 Å². The summed E-state index contributed by atoms with van der Waals surface area (Å²) in [5.74, 6) is 1.15. The molecule has 1 unspecified atom stereocenters. The number of para-hydroxylation sites is 1. The van der Waals surface area contributed by atoms with Crippen LogP contribution in [-0.2, 0) is 9.59 Å². The van der Waals surface area contributed by atoms with Gasteiger partial charge in [0.25, 0.3) is 17.6 Å². The SMILES string of the molecule is CCC[NH+](CC(=O)Nc1ccccc1C)CC(=O)N1CCN(c2cccc[nH+]2)CC1.